The van der Waals surface area contributed by atoms with Gasteiger partial charge in [0.25, 0.3) is 0 Å². The molecule has 2 aliphatic carbocycles. The molecule has 4 fully saturated rings. The van der Waals surface area contributed by atoms with Gasteiger partial charge in [-0.1, -0.05) is 6.07 Å². The Labute approximate surface area is 180 Å². The SMILES string of the molecule is N#CC1C[C@@H]2C[C@@H]2N1C(=O)C(N)CN1CC2C[C@H]1C(=O)N2[C@H]1CCc2cc(F)ccc21. The van der Waals surface area contributed by atoms with E-state index in [0.29, 0.717) is 19.0 Å². The molecule has 3 aliphatic heterocycles. The molecule has 0 radical (unpaired) electrons. The van der Waals surface area contributed by atoms with Crippen LogP contribution in [0.2, 0.25) is 0 Å². The van der Waals surface area contributed by atoms with E-state index in [1.807, 2.05) is 11.0 Å². The highest BCUT2D eigenvalue weighted by Crippen LogP contribution is 2.48. The molecule has 3 saturated heterocycles. The number of hydrogen-bond acceptors (Lipinski definition) is 5. The fourth-order valence-electron chi connectivity index (χ4n) is 6.56. The van der Waals surface area contributed by atoms with Gasteiger partial charge in [0.1, 0.15) is 11.9 Å². The largest absolute Gasteiger partial charge is 0.330 e. The molecule has 1 saturated carbocycles. The van der Waals surface area contributed by atoms with Crippen LogP contribution in [0.25, 0.3) is 0 Å². The van der Waals surface area contributed by atoms with Crippen LogP contribution in [0.4, 0.5) is 4.39 Å². The van der Waals surface area contributed by atoms with Crippen molar-refractivity contribution in [1.82, 2.24) is 14.7 Å². The van der Waals surface area contributed by atoms with Crippen LogP contribution in [0.3, 0.4) is 0 Å². The van der Waals surface area contributed by atoms with Crippen LogP contribution in [-0.2, 0) is 16.0 Å². The van der Waals surface area contributed by atoms with Crippen molar-refractivity contribution in [2.75, 3.05) is 13.1 Å². The number of carbonyl (C=O) groups excluding carboxylic acids is 2. The summed E-state index contributed by atoms with van der Waals surface area (Å²) < 4.78 is 13.6. The van der Waals surface area contributed by atoms with Gasteiger partial charge in [0.05, 0.1) is 24.2 Å². The van der Waals surface area contributed by atoms with Crippen LogP contribution in [0.15, 0.2) is 18.2 Å². The number of nitrogens with two attached hydrogens (primary N) is 1. The normalized spacial score (nSPS) is 36.5. The number of nitriles is 1. The Morgan fingerprint density at radius 1 is 1.29 bits per heavy atom. The van der Waals surface area contributed by atoms with Crippen LogP contribution >= 0.6 is 0 Å². The van der Waals surface area contributed by atoms with Gasteiger partial charge in [-0.25, -0.2) is 4.39 Å². The molecule has 0 spiro atoms. The van der Waals surface area contributed by atoms with E-state index in [0.717, 1.165) is 43.2 Å². The zero-order valence-electron chi connectivity index (χ0n) is 17.3. The van der Waals surface area contributed by atoms with Crippen molar-refractivity contribution in [3.05, 3.63) is 35.1 Å². The minimum absolute atomic E-state index is 0.0170. The summed E-state index contributed by atoms with van der Waals surface area (Å²) in [6.45, 7) is 1.05. The number of likely N-dealkylation sites (tertiary alicyclic amines) is 3. The predicted molar refractivity (Wildman–Crippen MR) is 109 cm³/mol. The van der Waals surface area contributed by atoms with Gasteiger partial charge < -0.3 is 15.5 Å². The molecule has 3 unspecified atom stereocenters. The summed E-state index contributed by atoms with van der Waals surface area (Å²) in [6.07, 6.45) is 4.11. The number of piperidine rings is 1. The first kappa shape index (κ1) is 19.2. The monoisotopic (exact) mass is 423 g/mol. The second-order valence-corrected chi connectivity index (χ2v) is 9.80. The van der Waals surface area contributed by atoms with Gasteiger partial charge in [-0.05, 0) is 61.3 Å². The first-order valence-electron chi connectivity index (χ1n) is 11.3. The van der Waals surface area contributed by atoms with E-state index >= 15 is 0 Å². The van der Waals surface area contributed by atoms with Gasteiger partial charge in [0.15, 0.2) is 0 Å². The van der Waals surface area contributed by atoms with E-state index in [4.69, 9.17) is 5.73 Å². The average molecular weight is 423 g/mol. The van der Waals surface area contributed by atoms with Crippen LogP contribution in [0.5, 0.6) is 0 Å². The molecule has 31 heavy (non-hydrogen) atoms. The predicted octanol–water partition coefficient (Wildman–Crippen LogP) is 0.938. The second-order valence-electron chi connectivity index (χ2n) is 9.80. The van der Waals surface area contributed by atoms with Crippen molar-refractivity contribution in [2.24, 2.45) is 11.7 Å². The van der Waals surface area contributed by atoms with Gasteiger partial charge in [0.2, 0.25) is 11.8 Å². The van der Waals surface area contributed by atoms with Crippen LogP contribution < -0.4 is 5.73 Å². The Bertz CT molecular complexity index is 1010. The van der Waals surface area contributed by atoms with E-state index < -0.39 is 6.04 Å². The Morgan fingerprint density at radius 3 is 2.90 bits per heavy atom. The number of fused-ring (bicyclic) bond motifs is 4. The third-order valence-electron chi connectivity index (χ3n) is 8.06. The van der Waals surface area contributed by atoms with Crippen molar-refractivity contribution in [3.8, 4) is 6.07 Å². The highest BCUT2D eigenvalue weighted by Gasteiger charge is 2.56. The van der Waals surface area contributed by atoms with Crippen molar-refractivity contribution < 1.29 is 14.0 Å². The minimum Gasteiger partial charge on any atom is -0.330 e. The second kappa shape index (κ2) is 6.75. The summed E-state index contributed by atoms with van der Waals surface area (Å²) in [5, 5.41) is 9.36. The number of halogens is 1. The van der Waals surface area contributed by atoms with Crippen LogP contribution in [-0.4, -0.2) is 69.8 Å². The smallest absolute Gasteiger partial charge is 0.242 e. The molecule has 1 aromatic carbocycles. The van der Waals surface area contributed by atoms with Crippen molar-refractivity contribution in [3.63, 3.8) is 0 Å². The molecule has 2 N–H and O–H groups in total. The minimum atomic E-state index is -0.717. The molecule has 7 nitrogen and oxygen atoms in total. The third-order valence-corrected chi connectivity index (χ3v) is 8.06. The number of carbonyl (C=O) groups is 2. The van der Waals surface area contributed by atoms with E-state index in [-0.39, 0.29) is 47.8 Å². The zero-order valence-corrected chi connectivity index (χ0v) is 17.3. The van der Waals surface area contributed by atoms with Crippen molar-refractivity contribution in [1.29, 1.82) is 5.26 Å². The Balaban J connectivity index is 1.13. The molecule has 8 heteroatoms. The topological polar surface area (TPSA) is 93.7 Å². The van der Waals surface area contributed by atoms with Gasteiger partial charge >= 0.3 is 0 Å². The molecule has 3 heterocycles. The summed E-state index contributed by atoms with van der Waals surface area (Å²) in [7, 11) is 0. The molecular formula is C23H26FN5O2. The molecular weight excluding hydrogens is 397 g/mol. The fourth-order valence-corrected chi connectivity index (χ4v) is 6.56. The molecule has 5 aliphatic rings. The lowest BCUT2D eigenvalue weighted by Crippen LogP contribution is -2.57. The fraction of sp³-hybridized carbons (Fsp3) is 0.609. The maximum Gasteiger partial charge on any atom is 0.242 e. The Kier molecular flexibility index (Phi) is 4.18. The maximum atomic E-state index is 13.6. The third kappa shape index (κ3) is 2.83. The van der Waals surface area contributed by atoms with Gasteiger partial charge in [0, 0.05) is 25.2 Å². The lowest BCUT2D eigenvalue weighted by molar-refractivity contribution is -0.141. The van der Waals surface area contributed by atoms with E-state index in [1.165, 1.54) is 6.07 Å². The molecule has 162 valence electrons. The lowest BCUT2D eigenvalue weighted by Gasteiger charge is -2.38. The summed E-state index contributed by atoms with van der Waals surface area (Å²) in [5.41, 5.74) is 8.35. The first-order chi connectivity index (χ1) is 15.0. The molecule has 2 amide bonds. The van der Waals surface area contributed by atoms with Gasteiger partial charge in [-0.2, -0.15) is 5.26 Å². The molecule has 0 aromatic heterocycles. The highest BCUT2D eigenvalue weighted by molar-refractivity contribution is 5.87. The molecule has 6 rings (SSSR count). The maximum absolute atomic E-state index is 13.6. The lowest BCUT2D eigenvalue weighted by atomic mass is 10.1. The first-order valence-corrected chi connectivity index (χ1v) is 11.3. The standard InChI is InChI=1S/C23H26FN5O2/c24-14-2-3-17-12(5-14)1-4-19(17)29-16-8-21(23(29)31)27(10-16)11-18(26)22(30)28-15(9-25)6-13-7-20(13)28/h2-3,5,13,15-16,18-21H,1,4,6-8,10-11,26H2/t13-,15?,16?,18?,19+,20+,21+/m1/s1. The Hall–Kier alpha value is -2.50. The summed E-state index contributed by atoms with van der Waals surface area (Å²) in [6, 6.07) is 6.11. The summed E-state index contributed by atoms with van der Waals surface area (Å²) >= 11 is 0. The van der Waals surface area contributed by atoms with E-state index in [1.54, 1.807) is 11.0 Å². The van der Waals surface area contributed by atoms with E-state index in [9.17, 15) is 19.2 Å². The number of amides is 2. The molecule has 7 atom stereocenters. The van der Waals surface area contributed by atoms with Gasteiger partial charge in [-0.15, -0.1) is 0 Å². The van der Waals surface area contributed by atoms with Crippen molar-refractivity contribution >= 4 is 11.8 Å². The zero-order chi connectivity index (χ0) is 21.4. The summed E-state index contributed by atoms with van der Waals surface area (Å²) in [5.74, 6) is 0.168. The Morgan fingerprint density at radius 2 is 2.13 bits per heavy atom. The van der Waals surface area contributed by atoms with Crippen molar-refractivity contribution in [2.45, 2.75) is 68.4 Å². The summed E-state index contributed by atoms with van der Waals surface area (Å²) in [4.78, 5) is 31.9. The van der Waals surface area contributed by atoms with Crippen LogP contribution in [0.1, 0.15) is 42.9 Å². The number of aryl methyl sites for hydroxylation is 1. The van der Waals surface area contributed by atoms with E-state index in [2.05, 4.69) is 11.0 Å². The number of rotatable bonds is 4. The quantitative estimate of drug-likeness (QED) is 0.778. The number of nitrogens with zero attached hydrogens (tertiary/aromatic N) is 4. The molecule has 1 aromatic rings. The number of piperazine rings is 1. The number of benzene rings is 1. The molecule has 2 bridgehead atoms. The van der Waals surface area contributed by atoms with Crippen LogP contribution in [0, 0.1) is 23.1 Å². The highest BCUT2D eigenvalue weighted by atomic mass is 19.1. The van der Waals surface area contributed by atoms with Gasteiger partial charge in [-0.3, -0.25) is 14.5 Å². The average Bonchev–Trinajstić information content (AvgIpc) is 3.08. The number of hydrogen-bond donors (Lipinski definition) is 1.